The van der Waals surface area contributed by atoms with Crippen molar-refractivity contribution in [2.75, 3.05) is 13.1 Å². The summed E-state index contributed by atoms with van der Waals surface area (Å²) in [6, 6.07) is 7.25. The summed E-state index contributed by atoms with van der Waals surface area (Å²) in [6.45, 7) is 3.30. The van der Waals surface area contributed by atoms with Crippen LogP contribution in [0.5, 0.6) is 6.01 Å². The van der Waals surface area contributed by atoms with Crippen LogP contribution >= 0.6 is 0 Å². The zero-order chi connectivity index (χ0) is 19.5. The quantitative estimate of drug-likeness (QED) is 0.721. The fourth-order valence-electron chi connectivity index (χ4n) is 3.63. The number of nitrogens with zero attached hydrogens (tertiary/aromatic N) is 5. The fourth-order valence-corrected chi connectivity index (χ4v) is 3.63. The van der Waals surface area contributed by atoms with Gasteiger partial charge < -0.3 is 10.5 Å². The van der Waals surface area contributed by atoms with Crippen molar-refractivity contribution in [3.8, 4) is 6.01 Å². The number of nitrogens with two attached hydrogens (primary N) is 1. The Bertz CT molecular complexity index is 973. The van der Waals surface area contributed by atoms with Crippen LogP contribution in [0.4, 0.5) is 0 Å². The molecule has 1 aliphatic rings. The summed E-state index contributed by atoms with van der Waals surface area (Å²) in [5.74, 6) is -0.400. The van der Waals surface area contributed by atoms with Gasteiger partial charge in [0.15, 0.2) is 0 Å². The van der Waals surface area contributed by atoms with Gasteiger partial charge in [-0.2, -0.15) is 0 Å². The molecule has 4 heterocycles. The number of ether oxygens (including phenoxy) is 1. The van der Waals surface area contributed by atoms with Crippen LogP contribution in [0.2, 0.25) is 0 Å². The van der Waals surface area contributed by atoms with Crippen molar-refractivity contribution in [3.63, 3.8) is 0 Å². The van der Waals surface area contributed by atoms with E-state index in [0.29, 0.717) is 24.8 Å². The van der Waals surface area contributed by atoms with Crippen LogP contribution in [0.25, 0.3) is 10.9 Å². The minimum Gasteiger partial charge on any atom is -0.460 e. The first-order chi connectivity index (χ1) is 13.6. The molecule has 0 aliphatic carbocycles. The maximum atomic E-state index is 12.3. The molecule has 0 aromatic carbocycles. The number of likely N-dealkylation sites (tertiary alicyclic amines) is 1. The van der Waals surface area contributed by atoms with Crippen LogP contribution in [-0.4, -0.2) is 49.9 Å². The zero-order valence-corrected chi connectivity index (χ0v) is 15.7. The lowest BCUT2D eigenvalue weighted by molar-refractivity contribution is -0.124. The average Bonchev–Trinajstić information content (AvgIpc) is 2.70. The monoisotopic (exact) mass is 378 g/mol. The van der Waals surface area contributed by atoms with Gasteiger partial charge in [-0.25, -0.2) is 9.97 Å². The maximum absolute atomic E-state index is 12.3. The molecule has 0 bridgehead atoms. The van der Waals surface area contributed by atoms with E-state index in [1.54, 1.807) is 24.7 Å². The van der Waals surface area contributed by atoms with Crippen molar-refractivity contribution >= 4 is 16.8 Å². The van der Waals surface area contributed by atoms with Crippen LogP contribution in [-0.2, 0) is 4.79 Å². The highest BCUT2D eigenvalue weighted by atomic mass is 16.5. The Hall–Kier alpha value is -3.13. The number of fused-ring (bicyclic) bond motifs is 1. The van der Waals surface area contributed by atoms with Crippen molar-refractivity contribution in [1.29, 1.82) is 0 Å². The minimum atomic E-state index is -0.563. The number of amides is 1. The highest BCUT2D eigenvalue weighted by Gasteiger charge is 2.31. The van der Waals surface area contributed by atoms with Gasteiger partial charge in [0.25, 0.3) is 0 Å². The third-order valence-electron chi connectivity index (χ3n) is 5.04. The normalized spacial score (nSPS) is 16.8. The minimum absolute atomic E-state index is 0.0189. The van der Waals surface area contributed by atoms with E-state index in [1.165, 1.54) is 0 Å². The topological polar surface area (TPSA) is 107 Å². The molecule has 1 aliphatic heterocycles. The lowest BCUT2D eigenvalue weighted by atomic mass is 10.0. The third-order valence-corrected chi connectivity index (χ3v) is 5.04. The van der Waals surface area contributed by atoms with E-state index >= 15 is 0 Å². The number of primary amides is 1. The Balaban J connectivity index is 1.49. The molecule has 0 saturated carbocycles. The first-order valence-corrected chi connectivity index (χ1v) is 9.31. The summed E-state index contributed by atoms with van der Waals surface area (Å²) in [5.41, 5.74) is 8.14. The summed E-state index contributed by atoms with van der Waals surface area (Å²) in [7, 11) is 0. The predicted octanol–water partition coefficient (Wildman–Crippen LogP) is 1.80. The standard InChI is InChI=1S/C20H22N6O2/c1-13-15-3-4-17(25-16(15)5-10-22-13)18(19(21)27)26-11-6-14(7-12-26)28-20-23-8-2-9-24-20/h2-5,8-10,14,18H,6-7,11-12H2,1H3,(H2,21,27). The number of rotatable bonds is 5. The number of hydrogen-bond acceptors (Lipinski definition) is 7. The highest BCUT2D eigenvalue weighted by molar-refractivity contribution is 5.84. The first-order valence-electron chi connectivity index (χ1n) is 9.31. The number of piperidine rings is 1. The van der Waals surface area contributed by atoms with Gasteiger partial charge in [-0.15, -0.1) is 0 Å². The van der Waals surface area contributed by atoms with E-state index in [2.05, 4.69) is 24.8 Å². The Morgan fingerprint density at radius 2 is 1.89 bits per heavy atom. The summed E-state index contributed by atoms with van der Waals surface area (Å²) < 4.78 is 5.83. The molecule has 1 unspecified atom stereocenters. The molecule has 1 atom stereocenters. The Labute approximate surface area is 162 Å². The number of aryl methyl sites for hydroxylation is 1. The van der Waals surface area contributed by atoms with E-state index in [-0.39, 0.29) is 6.10 Å². The number of carbonyl (C=O) groups excluding carboxylic acids is 1. The van der Waals surface area contributed by atoms with Gasteiger partial charge in [0, 0.05) is 42.8 Å². The van der Waals surface area contributed by atoms with Crippen LogP contribution in [0, 0.1) is 6.92 Å². The molecular formula is C20H22N6O2. The van der Waals surface area contributed by atoms with Crippen molar-refractivity contribution < 1.29 is 9.53 Å². The van der Waals surface area contributed by atoms with Crippen LogP contribution in [0.1, 0.15) is 30.3 Å². The molecule has 0 spiro atoms. The Kier molecular flexibility index (Phi) is 5.12. The van der Waals surface area contributed by atoms with Crippen molar-refractivity contribution in [3.05, 3.63) is 54.2 Å². The molecular weight excluding hydrogens is 356 g/mol. The van der Waals surface area contributed by atoms with E-state index in [9.17, 15) is 4.79 Å². The van der Waals surface area contributed by atoms with E-state index in [1.807, 2.05) is 25.1 Å². The first kappa shape index (κ1) is 18.2. The van der Waals surface area contributed by atoms with Gasteiger partial charge >= 0.3 is 6.01 Å². The van der Waals surface area contributed by atoms with Gasteiger partial charge in [-0.1, -0.05) is 0 Å². The molecule has 28 heavy (non-hydrogen) atoms. The zero-order valence-electron chi connectivity index (χ0n) is 15.7. The van der Waals surface area contributed by atoms with Crippen LogP contribution in [0.15, 0.2) is 42.9 Å². The number of aromatic nitrogens is 4. The lowest BCUT2D eigenvalue weighted by Gasteiger charge is -2.35. The van der Waals surface area contributed by atoms with Gasteiger partial charge in [0.2, 0.25) is 5.91 Å². The van der Waals surface area contributed by atoms with Gasteiger partial charge in [-0.3, -0.25) is 19.7 Å². The average molecular weight is 378 g/mol. The molecule has 3 aromatic heterocycles. The molecule has 4 rings (SSSR count). The largest absolute Gasteiger partial charge is 0.460 e. The Morgan fingerprint density at radius 3 is 2.61 bits per heavy atom. The fraction of sp³-hybridized carbons (Fsp3) is 0.350. The predicted molar refractivity (Wildman–Crippen MR) is 103 cm³/mol. The van der Waals surface area contributed by atoms with Gasteiger partial charge in [0.1, 0.15) is 12.1 Å². The molecule has 1 saturated heterocycles. The van der Waals surface area contributed by atoms with Crippen molar-refractivity contribution in [2.24, 2.45) is 5.73 Å². The summed E-state index contributed by atoms with van der Waals surface area (Å²) in [4.78, 5) is 31.5. The molecule has 2 N–H and O–H groups in total. The van der Waals surface area contributed by atoms with Crippen molar-refractivity contribution in [2.45, 2.75) is 31.9 Å². The molecule has 8 nitrogen and oxygen atoms in total. The van der Waals surface area contributed by atoms with E-state index in [0.717, 1.165) is 29.4 Å². The third kappa shape index (κ3) is 3.77. The summed E-state index contributed by atoms with van der Waals surface area (Å²) in [5, 5.41) is 0.976. The number of carbonyl (C=O) groups is 1. The van der Waals surface area contributed by atoms with E-state index < -0.39 is 11.9 Å². The van der Waals surface area contributed by atoms with E-state index in [4.69, 9.17) is 10.5 Å². The molecule has 3 aromatic rings. The molecule has 1 fully saturated rings. The second-order valence-electron chi connectivity index (χ2n) is 6.89. The summed E-state index contributed by atoms with van der Waals surface area (Å²) in [6.07, 6.45) is 6.58. The summed E-state index contributed by atoms with van der Waals surface area (Å²) >= 11 is 0. The van der Waals surface area contributed by atoms with Crippen molar-refractivity contribution in [1.82, 2.24) is 24.8 Å². The van der Waals surface area contributed by atoms with Gasteiger partial charge in [0.05, 0.1) is 11.2 Å². The highest BCUT2D eigenvalue weighted by Crippen LogP contribution is 2.26. The number of hydrogen-bond donors (Lipinski definition) is 1. The smallest absolute Gasteiger partial charge is 0.316 e. The van der Waals surface area contributed by atoms with Crippen LogP contribution < -0.4 is 10.5 Å². The maximum Gasteiger partial charge on any atom is 0.316 e. The van der Waals surface area contributed by atoms with Crippen LogP contribution in [0.3, 0.4) is 0 Å². The second kappa shape index (κ2) is 7.85. The molecule has 0 radical (unpaired) electrons. The Morgan fingerprint density at radius 1 is 1.14 bits per heavy atom. The molecule has 144 valence electrons. The van der Waals surface area contributed by atoms with Gasteiger partial charge in [-0.05, 0) is 44.0 Å². The second-order valence-corrected chi connectivity index (χ2v) is 6.89. The molecule has 1 amide bonds. The number of pyridine rings is 2. The molecule has 8 heteroatoms. The lowest BCUT2D eigenvalue weighted by Crippen LogP contribution is -2.45. The SMILES string of the molecule is Cc1nccc2nc(C(C(N)=O)N3CCC(Oc4ncccn4)CC3)ccc12.